The van der Waals surface area contributed by atoms with E-state index in [-0.39, 0.29) is 17.1 Å². The van der Waals surface area contributed by atoms with Gasteiger partial charge in [0.1, 0.15) is 0 Å². The standard InChI is InChI=1S/C15H15N3O3S/c1-10-3-2-4-12(7-10)22(20,21)16-9-11-5-6-13-14(8-11)18-15(19)17-13/h2-8,16H,9H2,1H3,(H2,17,18,19). The van der Waals surface area contributed by atoms with Gasteiger partial charge in [0.05, 0.1) is 15.9 Å². The summed E-state index contributed by atoms with van der Waals surface area (Å²) in [5, 5.41) is 0. The lowest BCUT2D eigenvalue weighted by Gasteiger charge is -2.07. The molecule has 1 aromatic heterocycles. The molecule has 0 spiro atoms. The van der Waals surface area contributed by atoms with Crippen LogP contribution in [0.15, 0.2) is 52.2 Å². The number of fused-ring (bicyclic) bond motifs is 1. The van der Waals surface area contributed by atoms with Gasteiger partial charge in [-0.15, -0.1) is 0 Å². The Morgan fingerprint density at radius 3 is 2.59 bits per heavy atom. The van der Waals surface area contributed by atoms with E-state index in [1.165, 1.54) is 0 Å². The maximum Gasteiger partial charge on any atom is 0.323 e. The lowest BCUT2D eigenvalue weighted by Crippen LogP contribution is -2.23. The van der Waals surface area contributed by atoms with Crippen molar-refractivity contribution < 1.29 is 8.42 Å². The SMILES string of the molecule is Cc1cccc(S(=O)(=O)NCc2ccc3[nH]c(=O)[nH]c3c2)c1. The molecule has 0 radical (unpaired) electrons. The van der Waals surface area contributed by atoms with Crippen molar-refractivity contribution in [2.75, 3.05) is 0 Å². The van der Waals surface area contributed by atoms with Crippen LogP contribution in [0.1, 0.15) is 11.1 Å². The number of nitrogens with one attached hydrogen (secondary N) is 3. The second-order valence-corrected chi connectivity index (χ2v) is 6.87. The van der Waals surface area contributed by atoms with Crippen LogP contribution in [0.25, 0.3) is 11.0 Å². The number of imidazole rings is 1. The maximum atomic E-state index is 12.3. The van der Waals surface area contributed by atoms with Crippen molar-refractivity contribution >= 4 is 21.1 Å². The number of H-pyrrole nitrogens is 2. The third-order valence-corrected chi connectivity index (χ3v) is 4.75. The third kappa shape index (κ3) is 2.95. The zero-order valence-corrected chi connectivity index (χ0v) is 12.7. The topological polar surface area (TPSA) is 94.8 Å². The number of rotatable bonds is 4. The quantitative estimate of drug-likeness (QED) is 0.682. The number of sulfonamides is 1. The second-order valence-electron chi connectivity index (χ2n) is 5.10. The molecule has 0 aliphatic heterocycles. The van der Waals surface area contributed by atoms with Crippen LogP contribution in [0.4, 0.5) is 0 Å². The highest BCUT2D eigenvalue weighted by Gasteiger charge is 2.13. The first kappa shape index (κ1) is 14.6. The molecule has 0 unspecified atom stereocenters. The maximum absolute atomic E-state index is 12.3. The fourth-order valence-corrected chi connectivity index (χ4v) is 3.36. The summed E-state index contributed by atoms with van der Waals surface area (Å²) in [5.74, 6) is 0. The lowest BCUT2D eigenvalue weighted by atomic mass is 10.2. The predicted octanol–water partition coefficient (Wildman–Crippen LogP) is 1.64. The fraction of sp³-hybridized carbons (Fsp3) is 0.133. The minimum atomic E-state index is -3.56. The van der Waals surface area contributed by atoms with E-state index in [9.17, 15) is 13.2 Å². The molecule has 114 valence electrons. The highest BCUT2D eigenvalue weighted by molar-refractivity contribution is 7.89. The average Bonchev–Trinajstić information content (AvgIpc) is 2.84. The van der Waals surface area contributed by atoms with Gasteiger partial charge in [0.25, 0.3) is 0 Å². The molecule has 7 heteroatoms. The molecular weight excluding hydrogens is 302 g/mol. The fourth-order valence-electron chi connectivity index (χ4n) is 2.23. The summed E-state index contributed by atoms with van der Waals surface area (Å²) in [5.41, 5.74) is 2.70. The highest BCUT2D eigenvalue weighted by atomic mass is 32.2. The summed E-state index contributed by atoms with van der Waals surface area (Å²) in [6, 6.07) is 12.0. The van der Waals surface area contributed by atoms with E-state index in [1.54, 1.807) is 36.4 Å². The number of aromatic amines is 2. The third-order valence-electron chi connectivity index (χ3n) is 3.35. The second kappa shape index (κ2) is 5.43. The van der Waals surface area contributed by atoms with Crippen LogP contribution in [0.2, 0.25) is 0 Å². The summed E-state index contributed by atoms with van der Waals surface area (Å²) < 4.78 is 27.1. The molecule has 22 heavy (non-hydrogen) atoms. The molecule has 3 aromatic rings. The molecule has 0 bridgehead atoms. The molecule has 0 aliphatic carbocycles. The van der Waals surface area contributed by atoms with E-state index in [0.29, 0.717) is 11.0 Å². The van der Waals surface area contributed by atoms with E-state index >= 15 is 0 Å². The summed E-state index contributed by atoms with van der Waals surface area (Å²) in [6.45, 7) is 1.99. The van der Waals surface area contributed by atoms with Gasteiger partial charge in [0.2, 0.25) is 10.0 Å². The lowest BCUT2D eigenvalue weighted by molar-refractivity contribution is 0.581. The molecule has 6 nitrogen and oxygen atoms in total. The van der Waals surface area contributed by atoms with E-state index in [4.69, 9.17) is 0 Å². The van der Waals surface area contributed by atoms with Crippen LogP contribution < -0.4 is 10.4 Å². The normalized spacial score (nSPS) is 11.9. The summed E-state index contributed by atoms with van der Waals surface area (Å²) in [6.07, 6.45) is 0. The zero-order chi connectivity index (χ0) is 15.7. The Hall–Kier alpha value is -2.38. The van der Waals surface area contributed by atoms with Crippen molar-refractivity contribution in [3.05, 3.63) is 64.1 Å². The number of hydrogen-bond acceptors (Lipinski definition) is 3. The van der Waals surface area contributed by atoms with Crippen LogP contribution in [0.3, 0.4) is 0 Å². The van der Waals surface area contributed by atoms with Crippen LogP contribution in [-0.4, -0.2) is 18.4 Å². The van der Waals surface area contributed by atoms with E-state index in [0.717, 1.165) is 11.1 Å². The molecule has 2 aromatic carbocycles. The molecule has 0 atom stereocenters. The number of benzene rings is 2. The van der Waals surface area contributed by atoms with Crippen molar-refractivity contribution in [2.24, 2.45) is 0 Å². The van der Waals surface area contributed by atoms with E-state index < -0.39 is 10.0 Å². The van der Waals surface area contributed by atoms with Crippen molar-refractivity contribution in [2.45, 2.75) is 18.4 Å². The Bertz CT molecular complexity index is 986. The van der Waals surface area contributed by atoms with Crippen LogP contribution in [-0.2, 0) is 16.6 Å². The Balaban J connectivity index is 1.82. The molecular formula is C15H15N3O3S. The monoisotopic (exact) mass is 317 g/mol. The molecule has 3 rings (SSSR count). The molecule has 3 N–H and O–H groups in total. The Kier molecular flexibility index (Phi) is 3.59. The minimum absolute atomic E-state index is 0.152. The highest BCUT2D eigenvalue weighted by Crippen LogP contribution is 2.13. The van der Waals surface area contributed by atoms with E-state index in [2.05, 4.69) is 14.7 Å². The van der Waals surface area contributed by atoms with Crippen molar-refractivity contribution in [1.29, 1.82) is 0 Å². The Morgan fingerprint density at radius 1 is 1.05 bits per heavy atom. The summed E-state index contributed by atoms with van der Waals surface area (Å²) >= 11 is 0. The summed E-state index contributed by atoms with van der Waals surface area (Å²) in [7, 11) is -3.56. The first-order chi connectivity index (χ1) is 10.4. The van der Waals surface area contributed by atoms with Gasteiger partial charge in [-0.1, -0.05) is 18.2 Å². The van der Waals surface area contributed by atoms with Gasteiger partial charge in [-0.25, -0.2) is 17.9 Å². The van der Waals surface area contributed by atoms with Crippen molar-refractivity contribution in [3.63, 3.8) is 0 Å². The summed E-state index contributed by atoms with van der Waals surface area (Å²) in [4.78, 5) is 16.7. The number of hydrogen-bond donors (Lipinski definition) is 3. The first-order valence-electron chi connectivity index (χ1n) is 6.71. The zero-order valence-electron chi connectivity index (χ0n) is 11.9. The van der Waals surface area contributed by atoms with Gasteiger partial charge >= 0.3 is 5.69 Å². The first-order valence-corrected chi connectivity index (χ1v) is 8.20. The predicted molar refractivity (Wildman–Crippen MR) is 84.1 cm³/mol. The van der Waals surface area contributed by atoms with Crippen LogP contribution >= 0.6 is 0 Å². The molecule has 0 fully saturated rings. The van der Waals surface area contributed by atoms with Gasteiger partial charge < -0.3 is 9.97 Å². The molecule has 1 heterocycles. The van der Waals surface area contributed by atoms with E-state index in [1.807, 2.05) is 13.0 Å². The average molecular weight is 317 g/mol. The molecule has 0 saturated heterocycles. The smallest absolute Gasteiger partial charge is 0.306 e. The largest absolute Gasteiger partial charge is 0.323 e. The van der Waals surface area contributed by atoms with Crippen LogP contribution in [0.5, 0.6) is 0 Å². The van der Waals surface area contributed by atoms with Crippen molar-refractivity contribution in [1.82, 2.24) is 14.7 Å². The van der Waals surface area contributed by atoms with Crippen LogP contribution in [0, 0.1) is 6.92 Å². The molecule has 0 aliphatic rings. The Morgan fingerprint density at radius 2 is 1.82 bits per heavy atom. The molecule has 0 saturated carbocycles. The molecule has 0 amide bonds. The van der Waals surface area contributed by atoms with Crippen molar-refractivity contribution in [3.8, 4) is 0 Å². The number of aromatic nitrogens is 2. The van der Waals surface area contributed by atoms with Gasteiger partial charge in [-0.3, -0.25) is 0 Å². The minimum Gasteiger partial charge on any atom is -0.306 e. The number of aryl methyl sites for hydroxylation is 1. The van der Waals surface area contributed by atoms with Gasteiger partial charge in [-0.2, -0.15) is 0 Å². The Labute approximate surface area is 127 Å². The van der Waals surface area contributed by atoms with Gasteiger partial charge in [0.15, 0.2) is 0 Å². The van der Waals surface area contributed by atoms with Gasteiger partial charge in [-0.05, 0) is 42.3 Å². The van der Waals surface area contributed by atoms with Gasteiger partial charge in [0, 0.05) is 6.54 Å².